The Kier molecular flexibility index (Phi) is 16.9. The van der Waals surface area contributed by atoms with Crippen LogP contribution in [-0.4, -0.2) is 75.3 Å². The molecular formula is C46H59N2O8S2+. The minimum absolute atomic E-state index is 0.0823. The van der Waals surface area contributed by atoms with Crippen LogP contribution in [0.5, 0.6) is 0 Å². The maximum atomic E-state index is 11.6. The summed E-state index contributed by atoms with van der Waals surface area (Å²) in [5.74, 6) is -0.337. The van der Waals surface area contributed by atoms with Gasteiger partial charge in [-0.15, -0.1) is 0 Å². The highest BCUT2D eigenvalue weighted by Crippen LogP contribution is 2.51. The zero-order valence-electron chi connectivity index (χ0n) is 33.8. The quantitative estimate of drug-likeness (QED) is 0.0173. The Balaban J connectivity index is 1.44. The van der Waals surface area contributed by atoms with Crippen molar-refractivity contribution in [3.8, 4) is 0 Å². The van der Waals surface area contributed by atoms with Crippen molar-refractivity contribution >= 4 is 56.0 Å². The molecule has 0 amide bonds. The summed E-state index contributed by atoms with van der Waals surface area (Å²) in [7, 11) is 0. The van der Waals surface area contributed by atoms with Crippen molar-refractivity contribution in [1.82, 2.24) is 0 Å². The van der Waals surface area contributed by atoms with Crippen LogP contribution >= 0.6 is 0 Å². The van der Waals surface area contributed by atoms with Crippen LogP contribution < -0.4 is 4.90 Å². The Morgan fingerprint density at radius 2 is 1.47 bits per heavy atom. The summed E-state index contributed by atoms with van der Waals surface area (Å²) in [5.41, 5.74) is 6.26. The number of aliphatic carboxylic acids is 1. The number of para-hydroxylation sites is 1. The summed E-state index contributed by atoms with van der Waals surface area (Å²) in [6, 6.07) is 21.1. The summed E-state index contributed by atoms with van der Waals surface area (Å²) in [5, 5.41) is 20.6. The predicted molar refractivity (Wildman–Crippen MR) is 236 cm³/mol. The molecule has 3 aromatic rings. The van der Waals surface area contributed by atoms with E-state index in [1.165, 1.54) is 16.8 Å². The van der Waals surface area contributed by atoms with Crippen LogP contribution in [0.3, 0.4) is 0 Å². The molecule has 4 atom stereocenters. The molecule has 2 heterocycles. The Morgan fingerprint density at radius 3 is 2.22 bits per heavy atom. The first-order chi connectivity index (χ1) is 28.0. The van der Waals surface area contributed by atoms with E-state index in [0.717, 1.165) is 72.9 Å². The Hall–Kier alpha value is -4.04. The van der Waals surface area contributed by atoms with Gasteiger partial charge in [0.15, 0.2) is 27.9 Å². The van der Waals surface area contributed by atoms with Crippen molar-refractivity contribution in [3.63, 3.8) is 0 Å². The number of unbranched alkanes of at least 4 members (excludes halogenated alkanes) is 4. The van der Waals surface area contributed by atoms with Gasteiger partial charge < -0.3 is 19.1 Å². The number of hydrogen-bond donors (Lipinski definition) is 4. The highest BCUT2D eigenvalue weighted by molar-refractivity contribution is 7.79. The van der Waals surface area contributed by atoms with Crippen molar-refractivity contribution in [1.29, 1.82) is 0 Å². The second kappa shape index (κ2) is 21.8. The van der Waals surface area contributed by atoms with Gasteiger partial charge in [0, 0.05) is 65.4 Å². The minimum Gasteiger partial charge on any atom is -0.481 e. The third kappa shape index (κ3) is 11.2. The van der Waals surface area contributed by atoms with Crippen molar-refractivity contribution in [2.45, 2.75) is 95.3 Å². The monoisotopic (exact) mass is 831 g/mol. The molecule has 4 N–H and O–H groups in total. The van der Waals surface area contributed by atoms with Crippen LogP contribution in [0.25, 0.3) is 10.8 Å². The Labute approximate surface area is 348 Å². The lowest BCUT2D eigenvalue weighted by atomic mass is 9.73. The van der Waals surface area contributed by atoms with Gasteiger partial charge in [0.05, 0.1) is 12.0 Å². The van der Waals surface area contributed by atoms with Gasteiger partial charge in [-0.1, -0.05) is 85.7 Å². The summed E-state index contributed by atoms with van der Waals surface area (Å²) >= 11 is -3.66. The minimum atomic E-state index is -1.85. The number of carboxylic acids is 1. The molecule has 58 heavy (non-hydrogen) atoms. The second-order valence-corrected chi connectivity index (χ2v) is 17.7. The highest BCUT2D eigenvalue weighted by atomic mass is 32.2. The number of fused-ring (bicyclic) bond motifs is 4. The molecular weight excluding hydrogens is 773 g/mol. The van der Waals surface area contributed by atoms with E-state index in [1.807, 2.05) is 36.4 Å². The van der Waals surface area contributed by atoms with Gasteiger partial charge in [-0.25, -0.2) is 13.3 Å². The maximum absolute atomic E-state index is 11.6. The van der Waals surface area contributed by atoms with Crippen LogP contribution in [0.4, 0.5) is 11.4 Å². The molecule has 0 fully saturated rings. The van der Waals surface area contributed by atoms with Gasteiger partial charge in [-0.2, -0.15) is 4.58 Å². The molecule has 4 unspecified atom stereocenters. The summed E-state index contributed by atoms with van der Waals surface area (Å²) in [4.78, 5) is 18.3. The van der Waals surface area contributed by atoms with Gasteiger partial charge in [0.25, 0.3) is 0 Å². The average molecular weight is 832 g/mol. The van der Waals surface area contributed by atoms with E-state index in [4.69, 9.17) is 5.26 Å². The van der Waals surface area contributed by atoms with Gasteiger partial charge in [-0.3, -0.25) is 10.1 Å². The van der Waals surface area contributed by atoms with Crippen LogP contribution in [0, 0.1) is 0 Å². The first-order valence-electron chi connectivity index (χ1n) is 20.4. The van der Waals surface area contributed by atoms with E-state index in [1.54, 1.807) is 0 Å². The number of benzene rings is 3. The Bertz CT molecular complexity index is 2090. The molecule has 2 aliphatic rings. The maximum Gasteiger partial charge on any atom is 0.303 e. The van der Waals surface area contributed by atoms with Crippen LogP contribution in [0.2, 0.25) is 0 Å². The van der Waals surface area contributed by atoms with Crippen LogP contribution in [-0.2, 0) is 42.7 Å². The fourth-order valence-corrected chi connectivity index (χ4v) is 9.70. The topological polar surface area (TPSA) is 148 Å². The summed E-state index contributed by atoms with van der Waals surface area (Å²) in [6.45, 7) is 6.22. The summed E-state index contributed by atoms with van der Waals surface area (Å²) < 4.78 is 43.9. The fraction of sp³-hybridized carbons (Fsp3) is 0.435. The van der Waals surface area contributed by atoms with Crippen LogP contribution in [0.1, 0.15) is 95.6 Å². The number of hydrogen-bond acceptors (Lipinski definition) is 6. The fourth-order valence-electron chi connectivity index (χ4n) is 8.80. The number of carbonyl (C=O) groups is 1. The van der Waals surface area contributed by atoms with E-state index < -0.39 is 33.5 Å². The number of carboxylic acid groups (broad SMARTS) is 1. The molecule has 12 heteroatoms. The molecule has 0 aromatic heterocycles. The molecule has 0 bridgehead atoms. The predicted octanol–water partition coefficient (Wildman–Crippen LogP) is 9.84. The summed E-state index contributed by atoms with van der Waals surface area (Å²) in [6.07, 6.45) is 22.1. The molecule has 5 rings (SSSR count). The molecule has 0 spiro atoms. The lowest BCUT2D eigenvalue weighted by Gasteiger charge is -2.30. The molecule has 312 valence electrons. The normalized spacial score (nSPS) is 21.0. The van der Waals surface area contributed by atoms with Crippen molar-refractivity contribution in [2.75, 3.05) is 36.1 Å². The first kappa shape index (κ1) is 45.1. The first-order valence-corrected chi connectivity index (χ1v) is 23.0. The van der Waals surface area contributed by atoms with Gasteiger partial charge in [-0.05, 0) is 93.3 Å². The van der Waals surface area contributed by atoms with Gasteiger partial charge >= 0.3 is 5.97 Å². The van der Waals surface area contributed by atoms with Crippen molar-refractivity contribution < 1.29 is 42.1 Å². The third-order valence-corrected chi connectivity index (χ3v) is 12.9. The van der Waals surface area contributed by atoms with E-state index in [9.17, 15) is 27.4 Å². The second-order valence-electron chi connectivity index (χ2n) is 15.6. The van der Waals surface area contributed by atoms with Gasteiger partial charge in [0.2, 0.25) is 5.69 Å². The average Bonchev–Trinajstić information content (AvgIpc) is 3.58. The standard InChI is InChI=1S/C46H58N2O8S2/c1-45(29-13-6-16-33-56-51)38-22-11-12-23-39(38)47(31-14-17-34-57(52)53)41(45)24-7-4-3-5-8-25-42-46(2,30-19-26-43(49)50)44-37-21-10-9-20-36(37)27-28-40(44)48(42)32-15-18-35-58(54)55/h3-5,7-12,20-25,27-28H,6,13-19,26,29-35H2,1-2H3,(H3-,49,50,51,52,53,54,55)/p+1. The molecule has 0 saturated heterocycles. The number of nitrogens with zero attached hydrogens (tertiary/aromatic N) is 2. The largest absolute Gasteiger partial charge is 0.481 e. The van der Waals surface area contributed by atoms with Crippen molar-refractivity contribution in [3.05, 3.63) is 120 Å². The molecule has 2 aliphatic heterocycles. The zero-order valence-corrected chi connectivity index (χ0v) is 35.4. The molecule has 0 radical (unpaired) electrons. The lowest BCUT2D eigenvalue weighted by molar-refractivity contribution is -0.438. The number of allylic oxidation sites excluding steroid dienone is 8. The van der Waals surface area contributed by atoms with E-state index in [2.05, 4.69) is 95.0 Å². The lowest BCUT2D eigenvalue weighted by Crippen LogP contribution is -2.32. The van der Waals surface area contributed by atoms with E-state index in [-0.39, 0.29) is 23.3 Å². The SMILES string of the molecule is CC1(CCCC(=O)O)C(/C=C/C=C/C=C/C=C2\N(CCCCS(=O)O)c3ccccc3C2(C)CCCCCOO)=[N+](CCCCS(=O)O)c2ccc3ccccc3c21. The highest BCUT2D eigenvalue weighted by Gasteiger charge is 2.48. The smallest absolute Gasteiger partial charge is 0.303 e. The third-order valence-electron chi connectivity index (χ3n) is 11.6. The number of anilines is 1. The molecule has 10 nitrogen and oxygen atoms in total. The molecule has 3 aromatic carbocycles. The number of rotatable bonds is 24. The van der Waals surface area contributed by atoms with Crippen molar-refractivity contribution in [2.24, 2.45) is 0 Å². The Morgan fingerprint density at radius 1 is 0.776 bits per heavy atom. The van der Waals surface area contributed by atoms with Crippen LogP contribution in [0.15, 0.2) is 109 Å². The van der Waals surface area contributed by atoms with E-state index in [0.29, 0.717) is 38.8 Å². The van der Waals surface area contributed by atoms with E-state index >= 15 is 0 Å². The van der Waals surface area contributed by atoms with Gasteiger partial charge in [0.1, 0.15) is 6.54 Å². The molecule has 0 saturated carbocycles. The zero-order chi connectivity index (χ0) is 41.5. The molecule has 0 aliphatic carbocycles.